The van der Waals surface area contributed by atoms with Gasteiger partial charge >= 0.3 is 0 Å². The number of thioether (sulfide) groups is 1. The number of methoxy groups -OCH3 is 2. The molecule has 0 atom stereocenters. The van der Waals surface area contributed by atoms with E-state index in [0.29, 0.717) is 33.4 Å². The summed E-state index contributed by atoms with van der Waals surface area (Å²) in [7, 11) is 3.06. The van der Waals surface area contributed by atoms with Crippen LogP contribution in [0.2, 0.25) is 0 Å². The molecule has 0 bridgehead atoms. The van der Waals surface area contributed by atoms with Gasteiger partial charge in [0.25, 0.3) is 5.56 Å². The molecule has 0 saturated carbocycles. The van der Waals surface area contributed by atoms with Crippen molar-refractivity contribution in [2.75, 3.05) is 25.3 Å². The van der Waals surface area contributed by atoms with Crippen LogP contribution >= 0.6 is 11.8 Å². The monoisotopic (exact) mass is 412 g/mol. The van der Waals surface area contributed by atoms with Gasteiger partial charge in [0, 0.05) is 18.8 Å². The van der Waals surface area contributed by atoms with Gasteiger partial charge in [0.1, 0.15) is 11.5 Å². The van der Waals surface area contributed by atoms with Crippen molar-refractivity contribution in [1.29, 1.82) is 0 Å². The van der Waals surface area contributed by atoms with Gasteiger partial charge in [-0.1, -0.05) is 17.8 Å². The predicted octanol–water partition coefficient (Wildman–Crippen LogP) is 2.73. The van der Waals surface area contributed by atoms with E-state index in [9.17, 15) is 9.59 Å². The number of pyridine rings is 1. The number of carbonyl (C=O) groups is 1. The molecule has 29 heavy (non-hydrogen) atoms. The number of carbonyl (C=O) groups excluding carboxylic acids is 1. The minimum absolute atomic E-state index is 0.0439. The third-order valence-electron chi connectivity index (χ3n) is 4.02. The summed E-state index contributed by atoms with van der Waals surface area (Å²) in [5.74, 6) is 0.876. The van der Waals surface area contributed by atoms with Crippen molar-refractivity contribution in [2.24, 2.45) is 0 Å². The zero-order chi connectivity index (χ0) is 20.8. The van der Waals surface area contributed by atoms with E-state index in [1.807, 2.05) is 0 Å². The highest BCUT2D eigenvalue weighted by Crippen LogP contribution is 2.29. The van der Waals surface area contributed by atoms with Crippen LogP contribution in [0.3, 0.4) is 0 Å². The van der Waals surface area contributed by atoms with Crippen molar-refractivity contribution in [3.63, 3.8) is 0 Å². The van der Waals surface area contributed by atoms with Crippen LogP contribution in [-0.4, -0.2) is 40.4 Å². The molecule has 8 nitrogen and oxygen atoms in total. The smallest absolute Gasteiger partial charge is 0.263 e. The third-order valence-corrected chi connectivity index (χ3v) is 5.00. The normalized spacial score (nSPS) is 10.6. The lowest BCUT2D eigenvalue weighted by Crippen LogP contribution is -2.24. The van der Waals surface area contributed by atoms with E-state index in [1.54, 1.807) is 49.7 Å². The molecule has 1 N–H and O–H groups in total. The van der Waals surface area contributed by atoms with Gasteiger partial charge < -0.3 is 14.8 Å². The molecule has 3 aromatic rings. The molecular formula is C20H20N4O4S. The van der Waals surface area contributed by atoms with E-state index >= 15 is 0 Å². The number of hydrogen-bond acceptors (Lipinski definition) is 7. The third kappa shape index (κ3) is 4.57. The number of nitrogens with zero attached hydrogens (tertiary/aromatic N) is 3. The molecule has 0 saturated heterocycles. The van der Waals surface area contributed by atoms with Crippen LogP contribution in [0.25, 0.3) is 11.0 Å². The largest absolute Gasteiger partial charge is 0.497 e. The van der Waals surface area contributed by atoms with Gasteiger partial charge in [-0.2, -0.15) is 0 Å². The predicted molar refractivity (Wildman–Crippen MR) is 113 cm³/mol. The van der Waals surface area contributed by atoms with Gasteiger partial charge in [-0.05, 0) is 24.3 Å². The number of allylic oxidation sites excluding steroid dienone is 1. The molecule has 2 aromatic heterocycles. The number of amides is 1. The van der Waals surface area contributed by atoms with E-state index in [2.05, 4.69) is 21.9 Å². The van der Waals surface area contributed by atoms with E-state index in [0.717, 1.165) is 11.8 Å². The van der Waals surface area contributed by atoms with Gasteiger partial charge in [-0.25, -0.2) is 9.97 Å². The average Bonchev–Trinajstić information content (AvgIpc) is 2.74. The Bertz CT molecular complexity index is 1110. The minimum Gasteiger partial charge on any atom is -0.497 e. The quantitative estimate of drug-likeness (QED) is 0.345. The van der Waals surface area contributed by atoms with Crippen molar-refractivity contribution in [3.05, 3.63) is 59.5 Å². The molecule has 3 rings (SSSR count). The first-order valence-corrected chi connectivity index (χ1v) is 9.67. The minimum atomic E-state index is -0.276. The number of aromatic nitrogens is 3. The number of rotatable bonds is 8. The van der Waals surface area contributed by atoms with Crippen LogP contribution < -0.4 is 20.3 Å². The molecule has 9 heteroatoms. The first-order valence-electron chi connectivity index (χ1n) is 8.68. The van der Waals surface area contributed by atoms with E-state index < -0.39 is 0 Å². The number of benzene rings is 1. The molecule has 0 aliphatic heterocycles. The maximum absolute atomic E-state index is 12.7. The Morgan fingerprint density at radius 2 is 2.14 bits per heavy atom. The Kier molecular flexibility index (Phi) is 6.50. The molecule has 0 aliphatic rings. The van der Waals surface area contributed by atoms with Crippen LogP contribution in [-0.2, 0) is 11.3 Å². The summed E-state index contributed by atoms with van der Waals surface area (Å²) in [5.41, 5.74) is 0.615. The van der Waals surface area contributed by atoms with Crippen molar-refractivity contribution in [2.45, 2.75) is 11.7 Å². The summed E-state index contributed by atoms with van der Waals surface area (Å²) >= 11 is 1.15. The summed E-state index contributed by atoms with van der Waals surface area (Å²) in [4.78, 5) is 33.8. The maximum Gasteiger partial charge on any atom is 0.263 e. The first-order chi connectivity index (χ1) is 14.1. The lowest BCUT2D eigenvalue weighted by molar-refractivity contribution is -0.113. The average molecular weight is 412 g/mol. The van der Waals surface area contributed by atoms with E-state index in [1.165, 1.54) is 11.7 Å². The van der Waals surface area contributed by atoms with E-state index in [-0.39, 0.29) is 23.8 Å². The molecule has 1 aromatic carbocycles. The second-order valence-corrected chi connectivity index (χ2v) is 6.82. The number of hydrogen-bond donors (Lipinski definition) is 1. The summed E-state index contributed by atoms with van der Waals surface area (Å²) in [5, 5.41) is 3.61. The van der Waals surface area contributed by atoms with Crippen molar-refractivity contribution < 1.29 is 14.3 Å². The summed E-state index contributed by atoms with van der Waals surface area (Å²) in [6.07, 6.45) is 3.18. The second kappa shape index (κ2) is 9.24. The molecule has 0 spiro atoms. The Hall–Kier alpha value is -3.33. The molecular weight excluding hydrogens is 392 g/mol. The first kappa shape index (κ1) is 20.4. The van der Waals surface area contributed by atoms with Gasteiger partial charge in [0.15, 0.2) is 10.8 Å². The highest BCUT2D eigenvalue weighted by Gasteiger charge is 2.14. The Morgan fingerprint density at radius 3 is 2.86 bits per heavy atom. The van der Waals surface area contributed by atoms with Gasteiger partial charge in [-0.3, -0.25) is 14.2 Å². The summed E-state index contributed by atoms with van der Waals surface area (Å²) in [6.45, 7) is 3.97. The highest BCUT2D eigenvalue weighted by atomic mass is 32.2. The molecule has 0 unspecified atom stereocenters. The number of ether oxygens (including phenoxy) is 2. The van der Waals surface area contributed by atoms with E-state index in [4.69, 9.17) is 9.47 Å². The molecule has 0 radical (unpaired) electrons. The molecule has 2 heterocycles. The topological polar surface area (TPSA) is 95.3 Å². The Morgan fingerprint density at radius 1 is 1.31 bits per heavy atom. The zero-order valence-electron chi connectivity index (χ0n) is 16.0. The van der Waals surface area contributed by atoms with Crippen LogP contribution in [0, 0.1) is 0 Å². The van der Waals surface area contributed by atoms with Gasteiger partial charge in [0.05, 0.1) is 31.0 Å². The van der Waals surface area contributed by atoms with Gasteiger partial charge in [0.2, 0.25) is 5.91 Å². The molecule has 0 fully saturated rings. The van der Waals surface area contributed by atoms with Crippen LogP contribution in [0.5, 0.6) is 11.5 Å². The van der Waals surface area contributed by atoms with Crippen LogP contribution in [0.1, 0.15) is 0 Å². The second-order valence-electron chi connectivity index (χ2n) is 5.88. The Balaban J connectivity index is 1.82. The highest BCUT2D eigenvalue weighted by molar-refractivity contribution is 7.99. The molecule has 150 valence electrons. The maximum atomic E-state index is 12.7. The molecule has 1 amide bonds. The lowest BCUT2D eigenvalue weighted by Gasteiger charge is -2.13. The Labute approximate surface area is 171 Å². The zero-order valence-corrected chi connectivity index (χ0v) is 16.9. The van der Waals surface area contributed by atoms with Crippen molar-refractivity contribution in [1.82, 2.24) is 14.5 Å². The lowest BCUT2D eigenvalue weighted by atomic mass is 10.2. The van der Waals surface area contributed by atoms with Crippen molar-refractivity contribution >= 4 is 34.4 Å². The van der Waals surface area contributed by atoms with Crippen LogP contribution in [0.4, 0.5) is 5.69 Å². The standard InChI is InChI=1S/C20H20N4O4S/c1-4-10-24-19(26)14-6-5-9-21-18(14)23-20(24)29-12-17(25)22-15-11-13(27-2)7-8-16(15)28-3/h4-9,11H,1,10,12H2,2-3H3,(H,22,25). The summed E-state index contributed by atoms with van der Waals surface area (Å²) < 4.78 is 11.9. The molecule has 0 aliphatic carbocycles. The van der Waals surface area contributed by atoms with Crippen LogP contribution in [0.15, 0.2) is 59.1 Å². The van der Waals surface area contributed by atoms with Gasteiger partial charge in [-0.15, -0.1) is 6.58 Å². The fourth-order valence-corrected chi connectivity index (χ4v) is 3.46. The fraction of sp³-hybridized carbons (Fsp3) is 0.200. The fourth-order valence-electron chi connectivity index (χ4n) is 2.66. The number of fused-ring (bicyclic) bond motifs is 1. The number of anilines is 1. The summed E-state index contributed by atoms with van der Waals surface area (Å²) in [6, 6.07) is 8.48. The van der Waals surface area contributed by atoms with Crippen molar-refractivity contribution in [3.8, 4) is 11.5 Å². The SMILES string of the molecule is C=CCn1c(SCC(=O)Nc2cc(OC)ccc2OC)nc2ncccc2c1=O. The number of nitrogens with one attached hydrogen (secondary N) is 1.